The maximum absolute atomic E-state index is 11.7. The van der Waals surface area contributed by atoms with Gasteiger partial charge in [-0.2, -0.15) is 0 Å². The van der Waals surface area contributed by atoms with Gasteiger partial charge in [-0.1, -0.05) is 28.1 Å². The zero-order chi connectivity index (χ0) is 12.1. The highest BCUT2D eigenvalue weighted by Crippen LogP contribution is 2.25. The summed E-state index contributed by atoms with van der Waals surface area (Å²) in [6, 6.07) is 4.41. The molecule has 0 aliphatic heterocycles. The summed E-state index contributed by atoms with van der Waals surface area (Å²) < 4.78 is 0. The van der Waals surface area contributed by atoms with E-state index in [2.05, 4.69) is 15.9 Å². The number of rotatable bonds is 5. The summed E-state index contributed by atoms with van der Waals surface area (Å²) in [4.78, 5) is 21.9. The summed E-state index contributed by atoms with van der Waals surface area (Å²) in [6.45, 7) is 0. The molecule has 0 heterocycles. The molecule has 0 aromatic heterocycles. The smallest absolute Gasteiger partial charge is 0.274 e. The van der Waals surface area contributed by atoms with E-state index in [-0.39, 0.29) is 17.4 Å². The third-order valence-electron chi connectivity index (χ3n) is 2.10. The molecule has 1 rings (SSSR count). The van der Waals surface area contributed by atoms with E-state index in [1.54, 1.807) is 6.07 Å². The van der Waals surface area contributed by atoms with E-state index in [1.165, 1.54) is 12.1 Å². The predicted octanol–water partition coefficient (Wildman–Crippen LogP) is 3.30. The van der Waals surface area contributed by atoms with Crippen LogP contribution in [0.5, 0.6) is 0 Å². The van der Waals surface area contributed by atoms with Gasteiger partial charge in [-0.3, -0.25) is 14.9 Å². The SMILES string of the molecule is O=C(CCBr)c1cccc([N+](=O)[O-])c1CCl. The van der Waals surface area contributed by atoms with E-state index in [0.29, 0.717) is 22.9 Å². The van der Waals surface area contributed by atoms with Gasteiger partial charge >= 0.3 is 0 Å². The minimum absolute atomic E-state index is 0.0412. The van der Waals surface area contributed by atoms with E-state index in [9.17, 15) is 14.9 Å². The Labute approximate surface area is 106 Å². The molecule has 0 unspecified atom stereocenters. The molecule has 0 saturated carbocycles. The maximum Gasteiger partial charge on any atom is 0.274 e. The van der Waals surface area contributed by atoms with Crippen LogP contribution < -0.4 is 0 Å². The zero-order valence-corrected chi connectivity index (χ0v) is 10.6. The molecule has 16 heavy (non-hydrogen) atoms. The number of carbonyl (C=O) groups is 1. The molecular formula is C10H9BrClNO3. The molecule has 0 atom stereocenters. The van der Waals surface area contributed by atoms with Crippen molar-refractivity contribution in [2.75, 3.05) is 5.33 Å². The number of Topliss-reactive ketones (excluding diaryl/α,β-unsaturated/α-hetero) is 1. The molecule has 0 bridgehead atoms. The molecule has 0 fully saturated rings. The van der Waals surface area contributed by atoms with Crippen LogP contribution in [-0.2, 0) is 5.88 Å². The number of hydrogen-bond donors (Lipinski definition) is 0. The fraction of sp³-hybridized carbons (Fsp3) is 0.300. The van der Waals surface area contributed by atoms with Crippen molar-refractivity contribution in [3.8, 4) is 0 Å². The van der Waals surface area contributed by atoms with Gasteiger partial charge in [0, 0.05) is 23.4 Å². The van der Waals surface area contributed by atoms with E-state index in [0.717, 1.165) is 0 Å². The van der Waals surface area contributed by atoms with Gasteiger partial charge in [0.25, 0.3) is 5.69 Å². The fourth-order valence-electron chi connectivity index (χ4n) is 1.37. The Hall–Kier alpha value is -0.940. The number of hydrogen-bond acceptors (Lipinski definition) is 3. The van der Waals surface area contributed by atoms with Crippen LogP contribution in [0, 0.1) is 10.1 Å². The van der Waals surface area contributed by atoms with E-state index < -0.39 is 4.92 Å². The molecule has 0 spiro atoms. The molecule has 86 valence electrons. The zero-order valence-electron chi connectivity index (χ0n) is 8.28. The Morgan fingerprint density at radius 1 is 1.50 bits per heavy atom. The summed E-state index contributed by atoms with van der Waals surface area (Å²) in [6.07, 6.45) is 0.297. The highest BCUT2D eigenvalue weighted by molar-refractivity contribution is 9.09. The number of alkyl halides is 2. The Morgan fingerprint density at radius 3 is 2.69 bits per heavy atom. The molecular weight excluding hydrogens is 297 g/mol. The second-order valence-electron chi connectivity index (χ2n) is 3.06. The maximum atomic E-state index is 11.7. The van der Waals surface area contributed by atoms with Crippen LogP contribution in [0.4, 0.5) is 5.69 Å². The van der Waals surface area contributed by atoms with Crippen molar-refractivity contribution in [2.45, 2.75) is 12.3 Å². The number of carbonyl (C=O) groups excluding carboxylic acids is 1. The van der Waals surface area contributed by atoms with Gasteiger partial charge in [0.1, 0.15) is 0 Å². The van der Waals surface area contributed by atoms with Crippen molar-refractivity contribution in [2.24, 2.45) is 0 Å². The van der Waals surface area contributed by atoms with Crippen LogP contribution in [0.3, 0.4) is 0 Å². The number of nitro groups is 1. The summed E-state index contributed by atoms with van der Waals surface area (Å²) in [7, 11) is 0. The number of nitro benzene ring substituents is 1. The second kappa shape index (κ2) is 5.96. The molecule has 1 aromatic rings. The lowest BCUT2D eigenvalue weighted by Gasteiger charge is -2.05. The first kappa shape index (κ1) is 13.1. The Kier molecular flexibility index (Phi) is 4.89. The molecule has 0 N–H and O–H groups in total. The highest BCUT2D eigenvalue weighted by Gasteiger charge is 2.19. The second-order valence-corrected chi connectivity index (χ2v) is 4.12. The highest BCUT2D eigenvalue weighted by atomic mass is 79.9. The summed E-state index contributed by atoms with van der Waals surface area (Å²) in [5, 5.41) is 11.3. The van der Waals surface area contributed by atoms with Gasteiger partial charge in [-0.25, -0.2) is 0 Å². The fourth-order valence-corrected chi connectivity index (χ4v) is 2.01. The van der Waals surface area contributed by atoms with E-state index in [1.807, 2.05) is 0 Å². The van der Waals surface area contributed by atoms with Gasteiger partial charge in [0.15, 0.2) is 5.78 Å². The van der Waals surface area contributed by atoms with Crippen LogP contribution in [0.15, 0.2) is 18.2 Å². The van der Waals surface area contributed by atoms with Crippen LogP contribution in [0.2, 0.25) is 0 Å². The first-order chi connectivity index (χ1) is 7.61. The van der Waals surface area contributed by atoms with Crippen LogP contribution in [-0.4, -0.2) is 16.0 Å². The Balaban J connectivity index is 3.24. The third-order valence-corrected chi connectivity index (χ3v) is 2.77. The summed E-state index contributed by atoms with van der Waals surface area (Å²) in [5.41, 5.74) is 0.527. The Bertz CT molecular complexity index is 423. The van der Waals surface area contributed by atoms with Gasteiger partial charge in [0.05, 0.1) is 16.4 Å². The van der Waals surface area contributed by atoms with Crippen LogP contribution in [0.25, 0.3) is 0 Å². The van der Waals surface area contributed by atoms with E-state index >= 15 is 0 Å². The number of halogens is 2. The lowest BCUT2D eigenvalue weighted by molar-refractivity contribution is -0.385. The monoisotopic (exact) mass is 305 g/mol. The summed E-state index contributed by atoms with van der Waals surface area (Å²) in [5.74, 6) is -0.184. The van der Waals surface area contributed by atoms with Crippen molar-refractivity contribution in [3.63, 3.8) is 0 Å². The minimum Gasteiger partial charge on any atom is -0.294 e. The average molecular weight is 307 g/mol. The number of nitrogens with zero attached hydrogens (tertiary/aromatic N) is 1. The lowest BCUT2D eigenvalue weighted by atomic mass is 10.0. The predicted molar refractivity (Wildman–Crippen MR) is 65.4 cm³/mol. The van der Waals surface area contributed by atoms with Crippen molar-refractivity contribution in [1.29, 1.82) is 0 Å². The standard InChI is InChI=1S/C10H9BrClNO3/c11-5-4-10(14)7-2-1-3-9(13(15)16)8(7)6-12/h1-3H,4-6H2. The first-order valence-corrected chi connectivity index (χ1v) is 6.18. The Morgan fingerprint density at radius 2 is 2.19 bits per heavy atom. The van der Waals surface area contributed by atoms with E-state index in [4.69, 9.17) is 11.6 Å². The molecule has 0 aliphatic rings. The minimum atomic E-state index is -0.525. The number of ketones is 1. The molecule has 0 saturated heterocycles. The topological polar surface area (TPSA) is 60.2 Å². The molecule has 0 radical (unpaired) electrons. The largest absolute Gasteiger partial charge is 0.294 e. The van der Waals surface area contributed by atoms with Gasteiger partial charge in [-0.05, 0) is 0 Å². The van der Waals surface area contributed by atoms with Crippen LogP contribution in [0.1, 0.15) is 22.3 Å². The first-order valence-electron chi connectivity index (χ1n) is 4.53. The van der Waals surface area contributed by atoms with Gasteiger partial charge < -0.3 is 0 Å². The molecule has 4 nitrogen and oxygen atoms in total. The molecule has 6 heteroatoms. The van der Waals surface area contributed by atoms with Crippen molar-refractivity contribution in [3.05, 3.63) is 39.4 Å². The van der Waals surface area contributed by atoms with Crippen molar-refractivity contribution in [1.82, 2.24) is 0 Å². The third kappa shape index (κ3) is 2.80. The normalized spacial score (nSPS) is 10.1. The average Bonchev–Trinajstić information content (AvgIpc) is 2.28. The lowest BCUT2D eigenvalue weighted by Crippen LogP contribution is -2.06. The van der Waals surface area contributed by atoms with Crippen LogP contribution >= 0.6 is 27.5 Å². The summed E-state index contributed by atoms with van der Waals surface area (Å²) >= 11 is 8.81. The quantitative estimate of drug-likeness (QED) is 0.363. The van der Waals surface area contributed by atoms with Gasteiger partial charge in [0.2, 0.25) is 0 Å². The molecule has 0 amide bonds. The van der Waals surface area contributed by atoms with Crippen molar-refractivity contribution >= 4 is 39.0 Å². The number of benzene rings is 1. The molecule has 1 aromatic carbocycles. The van der Waals surface area contributed by atoms with Gasteiger partial charge in [-0.15, -0.1) is 11.6 Å². The molecule has 0 aliphatic carbocycles. The van der Waals surface area contributed by atoms with Crippen molar-refractivity contribution < 1.29 is 9.72 Å².